The van der Waals surface area contributed by atoms with Crippen LogP contribution in [0.1, 0.15) is 47.7 Å². The summed E-state index contributed by atoms with van der Waals surface area (Å²) in [5.41, 5.74) is 3.66. The molecule has 0 unspecified atom stereocenters. The molecule has 2 aromatic carbocycles. The molecule has 0 spiro atoms. The van der Waals surface area contributed by atoms with E-state index in [1.165, 1.54) is 11.1 Å². The molecule has 0 aromatic heterocycles. The number of carbonyl (C=O) groups excluding carboxylic acids is 2. The molecule has 1 amide bonds. The maximum Gasteiger partial charge on any atom is 0.338 e. The van der Waals surface area contributed by atoms with Crippen LogP contribution in [-0.2, 0) is 16.0 Å². The van der Waals surface area contributed by atoms with Crippen molar-refractivity contribution in [3.8, 4) is 0 Å². The van der Waals surface area contributed by atoms with Crippen molar-refractivity contribution in [3.63, 3.8) is 0 Å². The van der Waals surface area contributed by atoms with Gasteiger partial charge in [-0.1, -0.05) is 36.8 Å². The molecule has 132 valence electrons. The summed E-state index contributed by atoms with van der Waals surface area (Å²) in [5.74, 6) is -0.355. The molecule has 0 bridgehead atoms. The maximum atomic E-state index is 12.0. The molecule has 0 saturated heterocycles. The van der Waals surface area contributed by atoms with Gasteiger partial charge in [-0.2, -0.15) is 0 Å². The Labute approximate surface area is 149 Å². The Balaban J connectivity index is 1.76. The Morgan fingerprint density at radius 3 is 2.32 bits per heavy atom. The Kier molecular flexibility index (Phi) is 7.20. The second-order valence-electron chi connectivity index (χ2n) is 6.10. The van der Waals surface area contributed by atoms with Crippen molar-refractivity contribution in [2.24, 2.45) is 0 Å². The van der Waals surface area contributed by atoms with E-state index in [2.05, 4.69) is 36.5 Å². The lowest BCUT2D eigenvalue weighted by atomic mass is 10.1. The predicted octanol–water partition coefficient (Wildman–Crippen LogP) is 4.52. The number of esters is 1. The number of hydrogen-bond donors (Lipinski definition) is 1. The first-order valence-corrected chi connectivity index (χ1v) is 8.71. The number of hydrogen-bond acceptors (Lipinski definition) is 3. The minimum atomic E-state index is -0.335. The maximum absolute atomic E-state index is 12.0. The molecule has 4 nitrogen and oxygen atoms in total. The molecule has 4 heteroatoms. The van der Waals surface area contributed by atoms with Gasteiger partial charge in [-0.25, -0.2) is 4.79 Å². The second kappa shape index (κ2) is 9.62. The Bertz CT molecular complexity index is 690. The zero-order valence-corrected chi connectivity index (χ0v) is 14.9. The topological polar surface area (TPSA) is 55.4 Å². The molecule has 2 aromatic rings. The highest BCUT2D eigenvalue weighted by Crippen LogP contribution is 2.12. The summed E-state index contributed by atoms with van der Waals surface area (Å²) in [6, 6.07) is 15.2. The molecule has 1 N–H and O–H groups in total. The standard InChI is InChI=1S/C21H25NO3/c1-3-15-25-21(24)18-11-13-19(14-12-18)22-20(23)6-4-5-17-9-7-16(2)8-10-17/h7-14H,3-6,15H2,1-2H3,(H,22,23). The van der Waals surface area contributed by atoms with Gasteiger partial charge >= 0.3 is 5.97 Å². The molecule has 0 aliphatic heterocycles. The van der Waals surface area contributed by atoms with Gasteiger partial charge in [-0.15, -0.1) is 0 Å². The van der Waals surface area contributed by atoms with Gasteiger partial charge in [0, 0.05) is 12.1 Å². The molecule has 0 heterocycles. The van der Waals surface area contributed by atoms with Crippen LogP contribution in [-0.4, -0.2) is 18.5 Å². The summed E-state index contributed by atoms with van der Waals surface area (Å²) in [6.45, 7) is 4.43. The molecule has 0 aliphatic rings. The number of ether oxygens (including phenoxy) is 1. The fraction of sp³-hybridized carbons (Fsp3) is 0.333. The monoisotopic (exact) mass is 339 g/mol. The van der Waals surface area contributed by atoms with Gasteiger partial charge in [-0.3, -0.25) is 4.79 Å². The van der Waals surface area contributed by atoms with Crippen molar-refractivity contribution in [1.82, 2.24) is 0 Å². The quantitative estimate of drug-likeness (QED) is 0.719. The van der Waals surface area contributed by atoms with Gasteiger partial charge in [0.1, 0.15) is 0 Å². The van der Waals surface area contributed by atoms with Crippen LogP contribution in [0.5, 0.6) is 0 Å². The van der Waals surface area contributed by atoms with Crippen LogP contribution in [0.15, 0.2) is 48.5 Å². The van der Waals surface area contributed by atoms with Crippen molar-refractivity contribution in [2.75, 3.05) is 11.9 Å². The van der Waals surface area contributed by atoms with Gasteiger partial charge in [0.25, 0.3) is 0 Å². The number of anilines is 1. The smallest absolute Gasteiger partial charge is 0.338 e. The molecule has 2 rings (SSSR count). The highest BCUT2D eigenvalue weighted by molar-refractivity contribution is 5.93. The average Bonchev–Trinajstić information content (AvgIpc) is 2.62. The zero-order valence-electron chi connectivity index (χ0n) is 14.9. The lowest BCUT2D eigenvalue weighted by Crippen LogP contribution is -2.12. The van der Waals surface area contributed by atoms with Crippen LogP contribution in [0.2, 0.25) is 0 Å². The van der Waals surface area contributed by atoms with E-state index in [0.717, 1.165) is 19.3 Å². The number of aryl methyl sites for hydroxylation is 2. The third kappa shape index (κ3) is 6.42. The molecule has 0 fully saturated rings. The molecule has 25 heavy (non-hydrogen) atoms. The first kappa shape index (κ1) is 18.7. The summed E-state index contributed by atoms with van der Waals surface area (Å²) < 4.78 is 5.07. The van der Waals surface area contributed by atoms with Gasteiger partial charge in [-0.05, 0) is 56.0 Å². The van der Waals surface area contributed by atoms with Crippen molar-refractivity contribution in [3.05, 3.63) is 65.2 Å². The summed E-state index contributed by atoms with van der Waals surface area (Å²) in [4.78, 5) is 23.7. The van der Waals surface area contributed by atoms with Gasteiger partial charge in [0.15, 0.2) is 0 Å². The van der Waals surface area contributed by atoms with Crippen molar-refractivity contribution in [1.29, 1.82) is 0 Å². The SMILES string of the molecule is CCCOC(=O)c1ccc(NC(=O)CCCc2ccc(C)cc2)cc1. The highest BCUT2D eigenvalue weighted by Gasteiger charge is 2.07. The molecule has 0 atom stereocenters. The zero-order chi connectivity index (χ0) is 18.1. The third-order valence-corrected chi connectivity index (χ3v) is 3.83. The fourth-order valence-electron chi connectivity index (χ4n) is 2.40. The van der Waals surface area contributed by atoms with E-state index in [9.17, 15) is 9.59 Å². The third-order valence-electron chi connectivity index (χ3n) is 3.83. The minimum absolute atomic E-state index is 0.0200. The number of carbonyl (C=O) groups is 2. The van der Waals surface area contributed by atoms with Gasteiger partial charge < -0.3 is 10.1 Å². The molecule has 0 aliphatic carbocycles. The van der Waals surface area contributed by atoms with E-state index >= 15 is 0 Å². The van der Waals surface area contributed by atoms with E-state index in [1.807, 2.05) is 6.92 Å². The van der Waals surface area contributed by atoms with E-state index in [-0.39, 0.29) is 11.9 Å². The van der Waals surface area contributed by atoms with Crippen molar-refractivity contribution >= 4 is 17.6 Å². The average molecular weight is 339 g/mol. The second-order valence-corrected chi connectivity index (χ2v) is 6.10. The summed E-state index contributed by atoms with van der Waals surface area (Å²) in [7, 11) is 0. The largest absolute Gasteiger partial charge is 0.462 e. The Morgan fingerprint density at radius 2 is 1.68 bits per heavy atom. The normalized spacial score (nSPS) is 10.3. The fourth-order valence-corrected chi connectivity index (χ4v) is 2.40. The van der Waals surface area contributed by atoms with Crippen LogP contribution in [0, 0.1) is 6.92 Å². The number of amides is 1. The van der Waals surface area contributed by atoms with E-state index < -0.39 is 0 Å². The first-order valence-electron chi connectivity index (χ1n) is 8.71. The van der Waals surface area contributed by atoms with Crippen LogP contribution >= 0.6 is 0 Å². The van der Waals surface area contributed by atoms with E-state index in [1.54, 1.807) is 24.3 Å². The number of benzene rings is 2. The predicted molar refractivity (Wildman–Crippen MR) is 99.8 cm³/mol. The van der Waals surface area contributed by atoms with E-state index in [4.69, 9.17) is 4.74 Å². The lowest BCUT2D eigenvalue weighted by Gasteiger charge is -2.07. The summed E-state index contributed by atoms with van der Waals surface area (Å²) in [5, 5.41) is 2.86. The van der Waals surface area contributed by atoms with Crippen molar-refractivity contribution < 1.29 is 14.3 Å². The molecular formula is C21H25NO3. The Hall–Kier alpha value is -2.62. The van der Waals surface area contributed by atoms with Crippen molar-refractivity contribution in [2.45, 2.75) is 39.5 Å². The van der Waals surface area contributed by atoms with Crippen LogP contribution in [0.4, 0.5) is 5.69 Å². The van der Waals surface area contributed by atoms with Crippen LogP contribution in [0.25, 0.3) is 0 Å². The van der Waals surface area contributed by atoms with Gasteiger partial charge in [0.05, 0.1) is 12.2 Å². The van der Waals surface area contributed by atoms with Crippen LogP contribution in [0.3, 0.4) is 0 Å². The highest BCUT2D eigenvalue weighted by atomic mass is 16.5. The van der Waals surface area contributed by atoms with Gasteiger partial charge in [0.2, 0.25) is 5.91 Å². The minimum Gasteiger partial charge on any atom is -0.462 e. The molecular weight excluding hydrogens is 314 g/mol. The number of nitrogens with one attached hydrogen (secondary N) is 1. The molecule has 0 radical (unpaired) electrons. The first-order chi connectivity index (χ1) is 12.1. The Morgan fingerprint density at radius 1 is 1.00 bits per heavy atom. The van der Waals surface area contributed by atoms with Crippen LogP contribution < -0.4 is 5.32 Å². The summed E-state index contributed by atoms with van der Waals surface area (Å²) in [6.07, 6.45) is 2.95. The lowest BCUT2D eigenvalue weighted by molar-refractivity contribution is -0.116. The van der Waals surface area contributed by atoms with E-state index in [0.29, 0.717) is 24.3 Å². The summed E-state index contributed by atoms with van der Waals surface area (Å²) >= 11 is 0. The molecule has 0 saturated carbocycles. The number of rotatable bonds is 8.